The maximum atomic E-state index is 10.3. The predicted octanol–water partition coefficient (Wildman–Crippen LogP) is -1.49. The van der Waals surface area contributed by atoms with E-state index in [1.165, 1.54) is 6.07 Å². The Morgan fingerprint density at radius 3 is 2.20 bits per heavy atom. The maximum Gasteiger partial charge on any atom is 0.288 e. The van der Waals surface area contributed by atoms with Crippen molar-refractivity contribution in [2.45, 2.75) is 11.8 Å². The van der Waals surface area contributed by atoms with E-state index in [0.29, 0.717) is 0 Å². The summed E-state index contributed by atoms with van der Waals surface area (Å²) in [7, 11) is -4.31. The summed E-state index contributed by atoms with van der Waals surface area (Å²) in [6.45, 7) is 1.85. The van der Waals surface area contributed by atoms with E-state index < -0.39 is 10.2 Å². The molecule has 4 nitrogen and oxygen atoms in total. The second-order valence-electron chi connectivity index (χ2n) is 3.20. The quantitative estimate of drug-likeness (QED) is 0.613. The molecule has 1 rings (SSSR count). The first-order valence-corrected chi connectivity index (χ1v) is 7.36. The van der Waals surface area contributed by atoms with E-state index in [-0.39, 0.29) is 16.6 Å². The average molecular weight is 252 g/mol. The van der Waals surface area contributed by atoms with Gasteiger partial charge in [-0.25, -0.2) is 0 Å². The third-order valence-corrected chi connectivity index (χ3v) is 3.47. The van der Waals surface area contributed by atoms with Crippen LogP contribution in [-0.4, -0.2) is 12.5 Å². The van der Waals surface area contributed by atoms with E-state index in [4.69, 9.17) is 0 Å². The first-order valence-electron chi connectivity index (χ1n) is 4.08. The number of benzene rings is 1. The topological polar surface area (TPSA) is 78.4 Å². The standard InChI is InChI=1S/C9H12ClO4S/c1-7-6-8(14-10(11,12)13)4-5-9(7)15(2)3/h4-6H,1-3H3/q+1. The lowest BCUT2D eigenvalue weighted by Gasteiger charge is -2.12. The van der Waals surface area contributed by atoms with E-state index in [1.54, 1.807) is 12.1 Å². The number of aryl methyl sites for hydroxylation is 1. The zero-order chi connectivity index (χ0) is 11.6. The van der Waals surface area contributed by atoms with Gasteiger partial charge in [-0.05, 0) is 13.0 Å². The minimum atomic E-state index is -4.41. The summed E-state index contributed by atoms with van der Waals surface area (Å²) in [5.74, 6) is 0.0540. The molecule has 6 heteroatoms. The lowest BCUT2D eigenvalue weighted by atomic mass is 10.2. The summed E-state index contributed by atoms with van der Waals surface area (Å²) in [6, 6.07) is 4.80. The molecule has 0 N–H and O–H groups in total. The van der Waals surface area contributed by atoms with Crippen LogP contribution in [0.1, 0.15) is 5.56 Å². The van der Waals surface area contributed by atoms with Gasteiger partial charge in [0.15, 0.2) is 4.90 Å². The van der Waals surface area contributed by atoms with Gasteiger partial charge in [0.1, 0.15) is 22.8 Å². The van der Waals surface area contributed by atoms with Crippen molar-refractivity contribution in [3.05, 3.63) is 23.8 Å². The Kier molecular flexibility index (Phi) is 3.86. The van der Waals surface area contributed by atoms with E-state index in [2.05, 4.69) is 16.8 Å². The molecule has 1 aromatic rings. The molecule has 0 radical (unpaired) electrons. The third kappa shape index (κ3) is 3.89. The maximum absolute atomic E-state index is 10.3. The fraction of sp³-hybridized carbons (Fsp3) is 0.333. The molecule has 0 fully saturated rings. The normalized spacial score (nSPS) is 11.9. The summed E-state index contributed by atoms with van der Waals surface area (Å²) in [5.41, 5.74) is 0.916. The van der Waals surface area contributed by atoms with Crippen molar-refractivity contribution in [2.75, 3.05) is 12.5 Å². The van der Waals surface area contributed by atoms with Crippen LogP contribution in [0.2, 0.25) is 0 Å². The van der Waals surface area contributed by atoms with Gasteiger partial charge in [-0.15, -0.1) is 0 Å². The van der Waals surface area contributed by atoms with Crippen LogP contribution in [-0.2, 0) is 10.9 Å². The summed E-state index contributed by atoms with van der Waals surface area (Å²) in [5, 5.41) is 0. The smallest absolute Gasteiger partial charge is 0.167 e. The Bertz CT molecular complexity index is 348. The number of halogens is 1. The van der Waals surface area contributed by atoms with Crippen molar-refractivity contribution >= 4 is 10.9 Å². The number of hydrogen-bond acceptors (Lipinski definition) is 4. The van der Waals surface area contributed by atoms with Gasteiger partial charge in [-0.2, -0.15) is 14.0 Å². The molecule has 0 aromatic heterocycles. The predicted molar refractivity (Wildman–Crippen MR) is 49.3 cm³/mol. The number of rotatable bonds is 3. The second-order valence-corrected chi connectivity index (χ2v) is 6.18. The molecule has 0 bridgehead atoms. The molecule has 0 spiro atoms. The van der Waals surface area contributed by atoms with Crippen molar-refractivity contribution in [1.82, 2.24) is 0 Å². The van der Waals surface area contributed by atoms with Crippen molar-refractivity contribution in [2.24, 2.45) is 0 Å². The molecule has 0 atom stereocenters. The van der Waals surface area contributed by atoms with Crippen LogP contribution < -0.4 is 18.3 Å². The second kappa shape index (κ2) is 4.59. The third-order valence-electron chi connectivity index (χ3n) is 1.77. The van der Waals surface area contributed by atoms with E-state index >= 15 is 0 Å². The van der Waals surface area contributed by atoms with Gasteiger partial charge in [-0.3, -0.25) is 0 Å². The van der Waals surface area contributed by atoms with Gasteiger partial charge in [0.25, 0.3) is 5.75 Å². The van der Waals surface area contributed by atoms with Crippen LogP contribution >= 0.6 is 0 Å². The van der Waals surface area contributed by atoms with Gasteiger partial charge in [0.2, 0.25) is 0 Å². The largest absolute Gasteiger partial charge is 0.288 e. The Labute approximate surface area is 93.6 Å². The minimum absolute atomic E-state index is 0.0540. The van der Waals surface area contributed by atoms with Gasteiger partial charge in [-0.1, -0.05) is 4.29 Å². The lowest BCUT2D eigenvalue weighted by molar-refractivity contribution is -1.91. The monoisotopic (exact) mass is 251 g/mol. The molecule has 0 saturated carbocycles. The van der Waals surface area contributed by atoms with Crippen LogP contribution in [0, 0.1) is 17.2 Å². The molecule has 0 amide bonds. The minimum Gasteiger partial charge on any atom is -0.167 e. The van der Waals surface area contributed by atoms with Crippen LogP contribution in [0.15, 0.2) is 23.1 Å². The fourth-order valence-electron chi connectivity index (χ4n) is 1.24. The molecular weight excluding hydrogens is 240 g/mol. The fourth-order valence-corrected chi connectivity index (χ4v) is 2.59. The summed E-state index contributed by atoms with van der Waals surface area (Å²) >= 11 is 0. The first-order chi connectivity index (χ1) is 6.79. The van der Waals surface area contributed by atoms with Gasteiger partial charge in [0, 0.05) is 28.6 Å². The van der Waals surface area contributed by atoms with Crippen LogP contribution in [0.25, 0.3) is 0 Å². The molecule has 1 aromatic carbocycles. The summed E-state index contributed by atoms with van der Waals surface area (Å²) in [4.78, 5) is 1.13. The highest BCUT2D eigenvalue weighted by atomic mass is 35.7. The molecule has 0 unspecified atom stereocenters. The van der Waals surface area contributed by atoms with Crippen molar-refractivity contribution < 1.29 is 28.5 Å². The Morgan fingerprint density at radius 1 is 1.20 bits per heavy atom. The summed E-state index contributed by atoms with van der Waals surface area (Å²) < 4.78 is 35.2. The molecule has 0 aliphatic carbocycles. The van der Waals surface area contributed by atoms with Crippen LogP contribution in [0.5, 0.6) is 5.75 Å². The van der Waals surface area contributed by atoms with Crippen molar-refractivity contribution in [3.63, 3.8) is 0 Å². The molecule has 0 aliphatic heterocycles. The molecule has 0 heterocycles. The molecule has 15 heavy (non-hydrogen) atoms. The Hall–Kier alpha value is -0.460. The molecule has 0 aliphatic rings. The molecule has 0 saturated heterocycles. The van der Waals surface area contributed by atoms with Crippen LogP contribution in [0.3, 0.4) is 0 Å². The van der Waals surface area contributed by atoms with Crippen molar-refractivity contribution in [3.8, 4) is 5.75 Å². The average Bonchev–Trinajstić information content (AvgIpc) is 1.99. The lowest BCUT2D eigenvalue weighted by Crippen LogP contribution is -2.63. The first kappa shape index (κ1) is 12.6. The van der Waals surface area contributed by atoms with Gasteiger partial charge >= 0.3 is 0 Å². The van der Waals surface area contributed by atoms with E-state index in [0.717, 1.165) is 10.5 Å². The van der Waals surface area contributed by atoms with Crippen LogP contribution in [0.4, 0.5) is 0 Å². The van der Waals surface area contributed by atoms with E-state index in [1.807, 2.05) is 6.92 Å². The molecule has 84 valence electrons. The Balaban J connectivity index is 2.92. The number of hydrogen-bond donors (Lipinski definition) is 0. The zero-order valence-electron chi connectivity index (χ0n) is 8.65. The highest BCUT2D eigenvalue weighted by molar-refractivity contribution is 7.95. The Morgan fingerprint density at radius 2 is 1.80 bits per heavy atom. The molecular formula is C9H12ClO4S+. The highest BCUT2D eigenvalue weighted by Crippen LogP contribution is 2.22. The summed E-state index contributed by atoms with van der Waals surface area (Å²) in [6.07, 6.45) is 4.12. The van der Waals surface area contributed by atoms with Gasteiger partial charge < -0.3 is 0 Å². The van der Waals surface area contributed by atoms with Gasteiger partial charge in [0.05, 0.1) is 0 Å². The highest BCUT2D eigenvalue weighted by Gasteiger charge is 2.21. The van der Waals surface area contributed by atoms with Crippen molar-refractivity contribution in [1.29, 1.82) is 0 Å². The zero-order valence-corrected chi connectivity index (χ0v) is 10.2. The SMILES string of the molecule is Cc1cc(O[Cl+3]([O-])([O-])[O-])ccc1[S+](C)C. The van der Waals surface area contributed by atoms with E-state index in [9.17, 15) is 14.0 Å².